The van der Waals surface area contributed by atoms with E-state index < -0.39 is 34.5 Å². The van der Waals surface area contributed by atoms with Crippen molar-refractivity contribution < 1.29 is 28.6 Å². The number of amides is 1. The molecule has 3 rings (SSSR count). The van der Waals surface area contributed by atoms with Crippen LogP contribution in [0.1, 0.15) is 6.42 Å². The van der Waals surface area contributed by atoms with E-state index in [1.807, 2.05) is 0 Å². The first-order chi connectivity index (χ1) is 11.9. The highest BCUT2D eigenvalue weighted by Crippen LogP contribution is 2.73. The Morgan fingerprint density at radius 3 is 2.48 bits per heavy atom. The van der Waals surface area contributed by atoms with E-state index in [4.69, 9.17) is 9.47 Å². The van der Waals surface area contributed by atoms with Gasteiger partial charge in [0.05, 0.1) is 32.2 Å². The number of ether oxygens (including phenoxy) is 3. The Bertz CT molecular complexity index is 732. The van der Waals surface area contributed by atoms with Gasteiger partial charge in [0, 0.05) is 0 Å². The topological polar surface area (TPSA) is 127 Å². The lowest BCUT2D eigenvalue weighted by Crippen LogP contribution is -2.73. The van der Waals surface area contributed by atoms with Gasteiger partial charge in [-0.25, -0.2) is 14.4 Å². The fraction of sp³-hybridized carbons (Fsp3) is 0.467. The van der Waals surface area contributed by atoms with E-state index >= 15 is 0 Å². The Morgan fingerprint density at radius 2 is 1.84 bits per heavy atom. The molecule has 1 saturated carbocycles. The minimum absolute atomic E-state index is 0.148. The second-order valence-corrected chi connectivity index (χ2v) is 5.88. The first-order valence-electron chi connectivity index (χ1n) is 7.43. The minimum Gasteiger partial charge on any atom is -0.466 e. The molecule has 3 aliphatic rings. The maximum atomic E-state index is 12.6. The van der Waals surface area contributed by atoms with Crippen LogP contribution in [0.5, 0.6) is 0 Å². The number of methoxy groups -OCH3 is 3. The van der Waals surface area contributed by atoms with Crippen molar-refractivity contribution in [2.45, 2.75) is 12.1 Å². The van der Waals surface area contributed by atoms with Crippen molar-refractivity contribution in [2.75, 3.05) is 21.3 Å². The van der Waals surface area contributed by atoms with E-state index in [1.165, 1.54) is 21.3 Å². The van der Waals surface area contributed by atoms with Crippen LogP contribution in [-0.2, 0) is 23.8 Å². The van der Waals surface area contributed by atoms with Gasteiger partial charge in [0.2, 0.25) is 5.66 Å². The zero-order chi connectivity index (χ0) is 18.3. The first-order valence-corrected chi connectivity index (χ1v) is 7.43. The van der Waals surface area contributed by atoms with Crippen LogP contribution >= 0.6 is 0 Å². The predicted octanol–water partition coefficient (Wildman–Crippen LogP) is -0.649. The lowest BCUT2D eigenvalue weighted by atomic mass is 9.75. The number of nitrogens with one attached hydrogen (secondary N) is 3. The maximum absolute atomic E-state index is 12.6. The summed E-state index contributed by atoms with van der Waals surface area (Å²) >= 11 is 0. The van der Waals surface area contributed by atoms with Crippen LogP contribution in [0.25, 0.3) is 0 Å². The Morgan fingerprint density at radius 1 is 1.12 bits per heavy atom. The van der Waals surface area contributed by atoms with Crippen molar-refractivity contribution in [3.8, 4) is 0 Å². The molecule has 25 heavy (non-hydrogen) atoms. The SMILES string of the molecule is COC(=O)NN[C@@]1(C(=O)OC)NN=C(C(=O)OC)[C@]23C=CC=C[C@]12C3. The van der Waals surface area contributed by atoms with Crippen molar-refractivity contribution in [3.63, 3.8) is 0 Å². The van der Waals surface area contributed by atoms with E-state index in [2.05, 4.69) is 26.1 Å². The molecule has 0 bridgehead atoms. The van der Waals surface area contributed by atoms with Crippen molar-refractivity contribution in [1.29, 1.82) is 0 Å². The summed E-state index contributed by atoms with van der Waals surface area (Å²) in [6.07, 6.45) is 6.68. The molecule has 1 fully saturated rings. The summed E-state index contributed by atoms with van der Waals surface area (Å²) in [7, 11) is 3.66. The maximum Gasteiger partial charge on any atom is 0.421 e. The van der Waals surface area contributed by atoms with Crippen LogP contribution in [-0.4, -0.2) is 50.7 Å². The van der Waals surface area contributed by atoms with E-state index in [9.17, 15) is 14.4 Å². The lowest BCUT2D eigenvalue weighted by Gasteiger charge is -2.43. The van der Waals surface area contributed by atoms with E-state index in [-0.39, 0.29) is 5.71 Å². The van der Waals surface area contributed by atoms with Crippen molar-refractivity contribution >= 4 is 23.7 Å². The average Bonchev–Trinajstić information content (AvgIpc) is 3.36. The summed E-state index contributed by atoms with van der Waals surface area (Å²) in [5, 5.41) is 4.07. The van der Waals surface area contributed by atoms with E-state index in [0.717, 1.165) is 0 Å². The standard InChI is InChI=1S/C15H18N4O6/c1-23-10(20)9-13-6-4-5-7-14(13,8-13)15(18-16-9,11(21)24-2)19-17-12(22)25-3/h4-7,18-19H,8H2,1-3H3,(H,17,22)/t13-,14-,15-/m1/s1. The second-order valence-electron chi connectivity index (χ2n) is 5.88. The number of nitrogens with zero attached hydrogens (tertiary/aromatic N) is 1. The molecule has 10 nitrogen and oxygen atoms in total. The number of rotatable bonds is 4. The Balaban J connectivity index is 2.08. The number of hydrogen-bond donors (Lipinski definition) is 3. The molecule has 1 aliphatic heterocycles. The zero-order valence-electron chi connectivity index (χ0n) is 13.9. The summed E-state index contributed by atoms with van der Waals surface area (Å²) in [6, 6.07) is 0. The molecule has 0 saturated heterocycles. The highest BCUT2D eigenvalue weighted by Gasteiger charge is 2.82. The molecule has 0 aromatic carbocycles. The third kappa shape index (κ3) is 2.00. The summed E-state index contributed by atoms with van der Waals surface area (Å²) in [5.41, 5.74) is 4.31. The molecule has 10 heteroatoms. The van der Waals surface area contributed by atoms with Crippen LogP contribution < -0.4 is 16.3 Å². The number of hydrazine groups is 1. The van der Waals surface area contributed by atoms with Crippen LogP contribution in [0.15, 0.2) is 29.4 Å². The predicted molar refractivity (Wildman–Crippen MR) is 83.8 cm³/mol. The third-order valence-electron chi connectivity index (χ3n) is 4.94. The van der Waals surface area contributed by atoms with Gasteiger partial charge in [-0.15, -0.1) is 0 Å². The van der Waals surface area contributed by atoms with Gasteiger partial charge in [-0.1, -0.05) is 24.3 Å². The molecule has 0 spiro atoms. The summed E-state index contributed by atoms with van der Waals surface area (Å²) in [6.45, 7) is 0. The molecule has 3 atom stereocenters. The van der Waals surface area contributed by atoms with Gasteiger partial charge >= 0.3 is 18.0 Å². The molecular weight excluding hydrogens is 332 g/mol. The summed E-state index contributed by atoms with van der Waals surface area (Å²) in [4.78, 5) is 36.3. The van der Waals surface area contributed by atoms with Gasteiger partial charge in [-0.05, 0) is 6.42 Å². The number of hydrogen-bond acceptors (Lipinski definition) is 9. The fourth-order valence-corrected chi connectivity index (χ4v) is 3.65. The average molecular weight is 350 g/mol. The van der Waals surface area contributed by atoms with Gasteiger partial charge in [0.1, 0.15) is 0 Å². The molecule has 134 valence electrons. The minimum atomic E-state index is -1.63. The van der Waals surface area contributed by atoms with Crippen molar-refractivity contribution in [1.82, 2.24) is 16.3 Å². The number of hydrazone groups is 1. The first kappa shape index (κ1) is 17.0. The molecule has 1 amide bonds. The van der Waals surface area contributed by atoms with Crippen LogP contribution in [0.4, 0.5) is 4.79 Å². The Hall–Kier alpha value is -2.88. The summed E-state index contributed by atoms with van der Waals surface area (Å²) in [5.74, 6) is -1.31. The number of esters is 2. The lowest BCUT2D eigenvalue weighted by molar-refractivity contribution is -0.155. The van der Waals surface area contributed by atoms with Crippen molar-refractivity contribution in [3.05, 3.63) is 24.3 Å². The number of carbonyl (C=O) groups excluding carboxylic acids is 3. The van der Waals surface area contributed by atoms with E-state index in [1.54, 1.807) is 24.3 Å². The van der Waals surface area contributed by atoms with Crippen LogP contribution in [0.3, 0.4) is 0 Å². The van der Waals surface area contributed by atoms with Gasteiger partial charge in [0.25, 0.3) is 0 Å². The summed E-state index contributed by atoms with van der Waals surface area (Å²) < 4.78 is 14.2. The molecule has 0 aromatic heterocycles. The number of allylic oxidation sites excluding steroid dienone is 3. The van der Waals surface area contributed by atoms with Gasteiger partial charge < -0.3 is 14.2 Å². The molecule has 2 aliphatic carbocycles. The quantitative estimate of drug-likeness (QED) is 0.347. The van der Waals surface area contributed by atoms with Crippen LogP contribution in [0, 0.1) is 10.8 Å². The molecular formula is C15H18N4O6. The monoisotopic (exact) mass is 350 g/mol. The van der Waals surface area contributed by atoms with Gasteiger partial charge in [-0.2, -0.15) is 10.5 Å². The second kappa shape index (κ2) is 5.59. The molecule has 0 unspecified atom stereocenters. The fourth-order valence-electron chi connectivity index (χ4n) is 3.65. The molecule has 1 heterocycles. The van der Waals surface area contributed by atoms with Gasteiger partial charge in [0.15, 0.2) is 5.71 Å². The number of carbonyl (C=O) groups is 3. The highest BCUT2D eigenvalue weighted by atomic mass is 16.5. The molecule has 0 radical (unpaired) electrons. The Kier molecular flexibility index (Phi) is 3.79. The highest BCUT2D eigenvalue weighted by molar-refractivity contribution is 6.40. The molecule has 0 aromatic rings. The largest absolute Gasteiger partial charge is 0.466 e. The smallest absolute Gasteiger partial charge is 0.421 e. The Labute approximate surface area is 143 Å². The third-order valence-corrected chi connectivity index (χ3v) is 4.94. The van der Waals surface area contributed by atoms with E-state index in [0.29, 0.717) is 6.42 Å². The zero-order valence-corrected chi connectivity index (χ0v) is 13.9. The molecule has 3 N–H and O–H groups in total. The van der Waals surface area contributed by atoms with Gasteiger partial charge in [-0.3, -0.25) is 10.9 Å². The van der Waals surface area contributed by atoms with Crippen molar-refractivity contribution in [2.24, 2.45) is 15.9 Å². The normalized spacial score (nSPS) is 33.8. The van der Waals surface area contributed by atoms with Crippen LogP contribution in [0.2, 0.25) is 0 Å².